The molecule has 3 rings (SSSR count). The Balaban J connectivity index is 1.76. The summed E-state index contributed by atoms with van der Waals surface area (Å²) in [6.45, 7) is 0. The molecule has 0 saturated heterocycles. The number of nitrogens with one attached hydrogen (secondary N) is 2. The quantitative estimate of drug-likeness (QED) is 0.540. The first kappa shape index (κ1) is 19.1. The Morgan fingerprint density at radius 3 is 1.96 bits per heavy atom. The maximum Gasteiger partial charge on any atom is 0.573 e. The molecule has 0 unspecified atom stereocenters. The predicted molar refractivity (Wildman–Crippen MR) is 92.5 cm³/mol. The number of benzene rings is 2. The van der Waals surface area contributed by atoms with E-state index in [1.807, 2.05) is 0 Å². The van der Waals surface area contributed by atoms with Crippen LogP contribution < -0.4 is 21.1 Å². The maximum atomic E-state index is 13.3. The molecule has 0 aliphatic carbocycles. The summed E-state index contributed by atoms with van der Waals surface area (Å²) in [4.78, 5) is 7.89. The van der Waals surface area contributed by atoms with Crippen molar-refractivity contribution in [3.05, 3.63) is 60.4 Å². The van der Waals surface area contributed by atoms with E-state index in [1.165, 1.54) is 24.5 Å². The monoisotopic (exact) mass is 397 g/mol. The second kappa shape index (κ2) is 7.55. The lowest BCUT2D eigenvalue weighted by molar-refractivity contribution is -0.274. The summed E-state index contributed by atoms with van der Waals surface area (Å²) < 4.78 is 66.7. The van der Waals surface area contributed by atoms with Gasteiger partial charge in [-0.2, -0.15) is 0 Å². The zero-order valence-electron chi connectivity index (χ0n) is 13.9. The lowest BCUT2D eigenvalue weighted by Crippen LogP contribution is -2.17. The SMILES string of the molecule is Nc1c(Nc2ccc(OC(F)(F)F)cc2)ncnc1Nc1ccc(F)c(F)c1. The van der Waals surface area contributed by atoms with E-state index in [0.29, 0.717) is 5.69 Å². The molecule has 0 fully saturated rings. The number of nitrogens with zero attached hydrogens (tertiary/aromatic N) is 2. The van der Waals surface area contributed by atoms with Crippen molar-refractivity contribution < 1.29 is 26.7 Å². The number of rotatable bonds is 5. The summed E-state index contributed by atoms with van der Waals surface area (Å²) in [7, 11) is 0. The van der Waals surface area contributed by atoms with Crippen LogP contribution in [0.3, 0.4) is 0 Å². The average molecular weight is 397 g/mol. The third-order valence-electron chi connectivity index (χ3n) is 3.42. The van der Waals surface area contributed by atoms with Gasteiger partial charge in [-0.25, -0.2) is 18.7 Å². The Morgan fingerprint density at radius 1 is 0.821 bits per heavy atom. The Kier molecular flexibility index (Phi) is 5.16. The zero-order valence-corrected chi connectivity index (χ0v) is 13.9. The van der Waals surface area contributed by atoms with Crippen molar-refractivity contribution in [2.45, 2.75) is 6.36 Å². The molecule has 0 aliphatic rings. The molecular formula is C17H12F5N5O. The molecule has 0 spiro atoms. The molecular weight excluding hydrogens is 385 g/mol. The van der Waals surface area contributed by atoms with Crippen LogP contribution in [0.2, 0.25) is 0 Å². The summed E-state index contributed by atoms with van der Waals surface area (Å²) in [5.41, 5.74) is 6.63. The summed E-state index contributed by atoms with van der Waals surface area (Å²) in [5, 5.41) is 5.56. The number of ether oxygens (including phenoxy) is 1. The number of alkyl halides is 3. The number of hydrogen-bond donors (Lipinski definition) is 3. The minimum absolute atomic E-state index is 0.0582. The van der Waals surface area contributed by atoms with Gasteiger partial charge in [0.05, 0.1) is 0 Å². The minimum atomic E-state index is -4.79. The van der Waals surface area contributed by atoms with Gasteiger partial charge in [0.25, 0.3) is 0 Å². The molecule has 28 heavy (non-hydrogen) atoms. The molecule has 0 atom stereocenters. The predicted octanol–water partition coefficient (Wildman–Crippen LogP) is 4.72. The number of halogens is 5. The maximum absolute atomic E-state index is 13.3. The van der Waals surface area contributed by atoms with Gasteiger partial charge in [-0.1, -0.05) is 0 Å². The molecule has 4 N–H and O–H groups in total. The molecule has 146 valence electrons. The minimum Gasteiger partial charge on any atom is -0.406 e. The van der Waals surface area contributed by atoms with Gasteiger partial charge in [0.1, 0.15) is 17.8 Å². The summed E-state index contributed by atoms with van der Waals surface area (Å²) >= 11 is 0. The highest BCUT2D eigenvalue weighted by molar-refractivity contribution is 5.80. The van der Waals surface area contributed by atoms with E-state index in [-0.39, 0.29) is 28.8 Å². The van der Waals surface area contributed by atoms with Crippen molar-refractivity contribution in [1.29, 1.82) is 0 Å². The van der Waals surface area contributed by atoms with Gasteiger partial charge < -0.3 is 21.1 Å². The van der Waals surface area contributed by atoms with Gasteiger partial charge in [0, 0.05) is 17.4 Å². The molecule has 1 aromatic heterocycles. The molecule has 0 radical (unpaired) electrons. The average Bonchev–Trinajstić information content (AvgIpc) is 2.62. The fourth-order valence-electron chi connectivity index (χ4n) is 2.18. The molecule has 0 saturated carbocycles. The van der Waals surface area contributed by atoms with Crippen LogP contribution in [-0.2, 0) is 0 Å². The number of nitrogens with two attached hydrogens (primary N) is 1. The van der Waals surface area contributed by atoms with E-state index in [4.69, 9.17) is 5.73 Å². The lowest BCUT2D eigenvalue weighted by Gasteiger charge is -2.13. The smallest absolute Gasteiger partial charge is 0.406 e. The Morgan fingerprint density at radius 2 is 1.39 bits per heavy atom. The van der Waals surface area contributed by atoms with Crippen LogP contribution >= 0.6 is 0 Å². The second-order valence-electron chi connectivity index (χ2n) is 5.44. The zero-order chi connectivity index (χ0) is 20.3. The second-order valence-corrected chi connectivity index (χ2v) is 5.44. The fourth-order valence-corrected chi connectivity index (χ4v) is 2.18. The number of anilines is 5. The molecule has 1 heterocycles. The normalized spacial score (nSPS) is 11.2. The molecule has 2 aromatic carbocycles. The first-order chi connectivity index (χ1) is 13.2. The van der Waals surface area contributed by atoms with Crippen molar-refractivity contribution in [2.75, 3.05) is 16.4 Å². The summed E-state index contributed by atoms with van der Waals surface area (Å²) in [6, 6.07) is 8.09. The van der Waals surface area contributed by atoms with E-state index in [9.17, 15) is 22.0 Å². The van der Waals surface area contributed by atoms with Gasteiger partial charge in [0.2, 0.25) is 0 Å². The van der Waals surface area contributed by atoms with E-state index in [0.717, 1.165) is 24.3 Å². The first-order valence-electron chi connectivity index (χ1n) is 7.66. The Bertz CT molecular complexity index is 979. The van der Waals surface area contributed by atoms with Crippen LogP contribution in [0.25, 0.3) is 0 Å². The van der Waals surface area contributed by atoms with Gasteiger partial charge >= 0.3 is 6.36 Å². The topological polar surface area (TPSA) is 85.1 Å². The lowest BCUT2D eigenvalue weighted by atomic mass is 10.3. The largest absolute Gasteiger partial charge is 0.573 e. The van der Waals surface area contributed by atoms with Crippen LogP contribution in [0, 0.1) is 11.6 Å². The molecule has 11 heteroatoms. The van der Waals surface area contributed by atoms with Gasteiger partial charge in [0.15, 0.2) is 23.3 Å². The van der Waals surface area contributed by atoms with Crippen LogP contribution in [-0.4, -0.2) is 16.3 Å². The van der Waals surface area contributed by atoms with E-state index >= 15 is 0 Å². The van der Waals surface area contributed by atoms with Crippen LogP contribution in [0.4, 0.5) is 50.6 Å². The Hall–Kier alpha value is -3.63. The molecule has 3 aromatic rings. The van der Waals surface area contributed by atoms with Crippen molar-refractivity contribution in [3.8, 4) is 5.75 Å². The van der Waals surface area contributed by atoms with Crippen molar-refractivity contribution >= 4 is 28.7 Å². The van der Waals surface area contributed by atoms with Crippen molar-refractivity contribution in [1.82, 2.24) is 9.97 Å². The third kappa shape index (κ3) is 4.75. The summed E-state index contributed by atoms with van der Waals surface area (Å²) in [6.07, 6.45) is -3.62. The highest BCUT2D eigenvalue weighted by Gasteiger charge is 2.30. The fraction of sp³-hybridized carbons (Fsp3) is 0.0588. The van der Waals surface area contributed by atoms with E-state index < -0.39 is 18.0 Å². The number of nitrogen functional groups attached to an aromatic ring is 1. The highest BCUT2D eigenvalue weighted by Crippen LogP contribution is 2.30. The van der Waals surface area contributed by atoms with Gasteiger partial charge in [-0.15, -0.1) is 13.2 Å². The molecule has 0 aliphatic heterocycles. The van der Waals surface area contributed by atoms with Crippen LogP contribution in [0.5, 0.6) is 5.75 Å². The van der Waals surface area contributed by atoms with Crippen molar-refractivity contribution in [3.63, 3.8) is 0 Å². The first-order valence-corrected chi connectivity index (χ1v) is 7.66. The van der Waals surface area contributed by atoms with Gasteiger partial charge in [-0.3, -0.25) is 0 Å². The highest BCUT2D eigenvalue weighted by atomic mass is 19.4. The Labute approximate surface area is 155 Å². The van der Waals surface area contributed by atoms with E-state index in [2.05, 4.69) is 25.3 Å². The van der Waals surface area contributed by atoms with Crippen LogP contribution in [0.1, 0.15) is 0 Å². The molecule has 0 amide bonds. The molecule has 0 bridgehead atoms. The molecule has 6 nitrogen and oxygen atoms in total. The van der Waals surface area contributed by atoms with Gasteiger partial charge in [-0.05, 0) is 36.4 Å². The number of aromatic nitrogens is 2. The van der Waals surface area contributed by atoms with Crippen LogP contribution in [0.15, 0.2) is 48.8 Å². The standard InChI is InChI=1S/C17H12F5N5O/c18-12-6-3-10(7-13(12)19)27-16-14(23)15(24-8-25-16)26-9-1-4-11(5-2-9)28-17(20,21)22/h1-8H,23H2,(H2,24,25,26,27). The summed E-state index contributed by atoms with van der Waals surface area (Å²) in [5.74, 6) is -2.14. The van der Waals surface area contributed by atoms with Crippen molar-refractivity contribution in [2.24, 2.45) is 0 Å². The van der Waals surface area contributed by atoms with E-state index in [1.54, 1.807) is 0 Å². The number of hydrogen-bond acceptors (Lipinski definition) is 6. The third-order valence-corrected chi connectivity index (χ3v) is 3.42.